The van der Waals surface area contributed by atoms with Crippen molar-refractivity contribution in [3.63, 3.8) is 0 Å². The summed E-state index contributed by atoms with van der Waals surface area (Å²) in [6.07, 6.45) is 5.93. The molecule has 2 N–H and O–H groups in total. The summed E-state index contributed by atoms with van der Waals surface area (Å²) in [4.78, 5) is 41.9. The van der Waals surface area contributed by atoms with Gasteiger partial charge in [0.1, 0.15) is 0 Å². The van der Waals surface area contributed by atoms with Gasteiger partial charge in [0, 0.05) is 24.2 Å². The Balaban J connectivity index is 0.00000225. The Bertz CT molecular complexity index is 791. The maximum absolute atomic E-state index is 13.0. The highest BCUT2D eigenvalue weighted by molar-refractivity contribution is 6.22. The van der Waals surface area contributed by atoms with Gasteiger partial charge in [-0.2, -0.15) is 0 Å². The van der Waals surface area contributed by atoms with Crippen molar-refractivity contribution in [2.45, 2.75) is 57.5 Å². The molecule has 1 saturated carbocycles. The minimum atomic E-state index is -0.245. The molecular weight excluding hydrogens is 378 g/mol. The molecule has 0 aromatic heterocycles. The van der Waals surface area contributed by atoms with Crippen LogP contribution in [-0.4, -0.2) is 52.7 Å². The van der Waals surface area contributed by atoms with Gasteiger partial charge < -0.3 is 10.6 Å². The molecule has 2 fully saturated rings. The van der Waals surface area contributed by atoms with E-state index in [0.29, 0.717) is 35.7 Å². The topological polar surface area (TPSA) is 83.7 Å². The molecule has 2 unspecified atom stereocenters. The van der Waals surface area contributed by atoms with Crippen LogP contribution >= 0.6 is 12.4 Å². The van der Waals surface area contributed by atoms with Crippen molar-refractivity contribution in [1.29, 1.82) is 0 Å². The fourth-order valence-corrected chi connectivity index (χ4v) is 4.83. The molecule has 1 aromatic rings. The van der Waals surface area contributed by atoms with Gasteiger partial charge in [-0.05, 0) is 56.8 Å². The quantitative estimate of drug-likeness (QED) is 0.783. The number of fused-ring (bicyclic) bond motifs is 1. The summed E-state index contributed by atoms with van der Waals surface area (Å²) in [5, 5.41) is 0. The van der Waals surface area contributed by atoms with Gasteiger partial charge in [-0.15, -0.1) is 12.4 Å². The Morgan fingerprint density at radius 2 is 1.79 bits per heavy atom. The number of amides is 3. The maximum atomic E-state index is 13.0. The molecule has 3 aliphatic rings. The van der Waals surface area contributed by atoms with E-state index in [2.05, 4.69) is 0 Å². The summed E-state index contributed by atoms with van der Waals surface area (Å²) in [7, 11) is 0. The molecule has 2 heterocycles. The first-order valence-corrected chi connectivity index (χ1v) is 10.0. The minimum absolute atomic E-state index is 0. The smallest absolute Gasteiger partial charge is 0.261 e. The van der Waals surface area contributed by atoms with Gasteiger partial charge in [0.05, 0.1) is 11.1 Å². The number of imide groups is 1. The molecule has 2 atom stereocenters. The van der Waals surface area contributed by atoms with E-state index in [1.807, 2.05) is 11.8 Å². The Labute approximate surface area is 171 Å². The van der Waals surface area contributed by atoms with Crippen LogP contribution in [0.25, 0.3) is 0 Å². The fraction of sp³-hybridized carbons (Fsp3) is 0.571. The Kier molecular flexibility index (Phi) is 6.10. The van der Waals surface area contributed by atoms with Gasteiger partial charge in [0.25, 0.3) is 17.7 Å². The number of likely N-dealkylation sites (tertiary alicyclic amines) is 1. The van der Waals surface area contributed by atoms with Gasteiger partial charge >= 0.3 is 0 Å². The number of hydrogen-bond acceptors (Lipinski definition) is 4. The molecule has 1 aromatic carbocycles. The molecule has 7 heteroatoms. The summed E-state index contributed by atoms with van der Waals surface area (Å²) in [5.74, 6) is -0.217. The van der Waals surface area contributed by atoms with Gasteiger partial charge in [-0.25, -0.2) is 0 Å². The zero-order valence-corrected chi connectivity index (χ0v) is 17.0. The third-order valence-electron chi connectivity index (χ3n) is 6.36. The van der Waals surface area contributed by atoms with Crippen molar-refractivity contribution >= 4 is 30.1 Å². The number of halogens is 1. The van der Waals surface area contributed by atoms with Crippen LogP contribution in [0.4, 0.5) is 0 Å². The van der Waals surface area contributed by atoms with Crippen LogP contribution in [0.15, 0.2) is 18.2 Å². The van der Waals surface area contributed by atoms with Crippen molar-refractivity contribution in [3.8, 4) is 0 Å². The molecule has 0 bridgehead atoms. The number of carbonyl (C=O) groups excluding carboxylic acids is 3. The van der Waals surface area contributed by atoms with E-state index in [4.69, 9.17) is 5.73 Å². The zero-order chi connectivity index (χ0) is 19.1. The predicted octanol–water partition coefficient (Wildman–Crippen LogP) is 2.85. The van der Waals surface area contributed by atoms with E-state index in [1.165, 1.54) is 4.90 Å². The molecule has 28 heavy (non-hydrogen) atoms. The highest BCUT2D eigenvalue weighted by Gasteiger charge is 2.41. The first-order chi connectivity index (χ1) is 13.0. The average Bonchev–Trinajstić information content (AvgIpc) is 3.19. The number of rotatable bonds is 3. The van der Waals surface area contributed by atoms with Crippen LogP contribution in [-0.2, 0) is 0 Å². The number of hydrogen-bond donors (Lipinski definition) is 1. The van der Waals surface area contributed by atoms with E-state index in [-0.39, 0.29) is 42.2 Å². The Hall–Kier alpha value is -1.92. The van der Waals surface area contributed by atoms with E-state index in [9.17, 15) is 14.4 Å². The first kappa shape index (κ1) is 20.8. The SMILES string of the molecule is CC1CC(CN)CN1C(=O)c1ccc2c(c1)C(=O)N(C1CCCCC1)C2=O.Cl. The normalized spacial score (nSPS) is 25.1. The zero-order valence-electron chi connectivity index (χ0n) is 16.2. The van der Waals surface area contributed by atoms with Crippen molar-refractivity contribution in [2.75, 3.05) is 13.1 Å². The number of benzene rings is 1. The average molecular weight is 406 g/mol. The second kappa shape index (κ2) is 8.21. The largest absolute Gasteiger partial charge is 0.336 e. The van der Waals surface area contributed by atoms with Crippen LogP contribution in [0.2, 0.25) is 0 Å². The van der Waals surface area contributed by atoms with Crippen LogP contribution in [0.3, 0.4) is 0 Å². The first-order valence-electron chi connectivity index (χ1n) is 10.0. The monoisotopic (exact) mass is 405 g/mol. The summed E-state index contributed by atoms with van der Waals surface area (Å²) < 4.78 is 0. The maximum Gasteiger partial charge on any atom is 0.261 e. The van der Waals surface area contributed by atoms with Gasteiger partial charge in [0.2, 0.25) is 0 Å². The molecular formula is C21H28ClN3O3. The van der Waals surface area contributed by atoms with Gasteiger partial charge in [0.15, 0.2) is 0 Å². The Morgan fingerprint density at radius 3 is 2.43 bits per heavy atom. The lowest BCUT2D eigenvalue weighted by molar-refractivity contribution is 0.0548. The predicted molar refractivity (Wildman–Crippen MR) is 109 cm³/mol. The summed E-state index contributed by atoms with van der Waals surface area (Å²) in [6.45, 7) is 3.25. The van der Waals surface area contributed by atoms with Crippen molar-refractivity contribution in [3.05, 3.63) is 34.9 Å². The molecule has 3 amide bonds. The summed E-state index contributed by atoms with van der Waals surface area (Å²) in [6, 6.07) is 5.07. The van der Waals surface area contributed by atoms with Crippen LogP contribution in [0.1, 0.15) is 76.5 Å². The number of nitrogens with zero attached hydrogens (tertiary/aromatic N) is 2. The minimum Gasteiger partial charge on any atom is -0.336 e. The number of nitrogens with two attached hydrogens (primary N) is 1. The summed E-state index contributed by atoms with van der Waals surface area (Å²) >= 11 is 0. The van der Waals surface area contributed by atoms with E-state index in [1.54, 1.807) is 18.2 Å². The van der Waals surface area contributed by atoms with Crippen molar-refractivity contribution < 1.29 is 14.4 Å². The second-order valence-electron chi connectivity index (χ2n) is 8.18. The van der Waals surface area contributed by atoms with Crippen LogP contribution in [0, 0.1) is 5.92 Å². The van der Waals surface area contributed by atoms with E-state index in [0.717, 1.165) is 38.5 Å². The van der Waals surface area contributed by atoms with E-state index >= 15 is 0 Å². The molecule has 0 radical (unpaired) electrons. The molecule has 152 valence electrons. The molecule has 4 rings (SSSR count). The molecule has 1 saturated heterocycles. The highest BCUT2D eigenvalue weighted by Crippen LogP contribution is 2.32. The second-order valence-corrected chi connectivity index (χ2v) is 8.18. The Morgan fingerprint density at radius 1 is 1.11 bits per heavy atom. The standard InChI is InChI=1S/C21H27N3O3.ClH/c1-13-9-14(11-22)12-23(13)19(25)15-7-8-17-18(10-15)21(27)24(20(17)26)16-5-3-2-4-6-16;/h7-8,10,13-14,16H,2-6,9,11-12,22H2,1H3;1H. The van der Waals surface area contributed by atoms with Gasteiger partial charge in [-0.3, -0.25) is 19.3 Å². The lowest BCUT2D eigenvalue weighted by Gasteiger charge is -2.29. The summed E-state index contributed by atoms with van der Waals surface area (Å²) in [5.41, 5.74) is 7.04. The van der Waals surface area contributed by atoms with E-state index < -0.39 is 0 Å². The fourth-order valence-electron chi connectivity index (χ4n) is 4.83. The number of carbonyl (C=O) groups is 3. The molecule has 2 aliphatic heterocycles. The molecule has 6 nitrogen and oxygen atoms in total. The van der Waals surface area contributed by atoms with Crippen molar-refractivity contribution in [1.82, 2.24) is 9.80 Å². The lowest BCUT2D eigenvalue weighted by atomic mass is 9.94. The van der Waals surface area contributed by atoms with Gasteiger partial charge in [-0.1, -0.05) is 19.3 Å². The highest BCUT2D eigenvalue weighted by atomic mass is 35.5. The van der Waals surface area contributed by atoms with Crippen molar-refractivity contribution in [2.24, 2.45) is 11.7 Å². The van der Waals surface area contributed by atoms with Crippen LogP contribution < -0.4 is 5.73 Å². The molecule has 1 aliphatic carbocycles. The van der Waals surface area contributed by atoms with Crippen LogP contribution in [0.5, 0.6) is 0 Å². The third-order valence-corrected chi connectivity index (χ3v) is 6.36. The lowest BCUT2D eigenvalue weighted by Crippen LogP contribution is -2.40. The third kappa shape index (κ3) is 3.44. The molecule has 0 spiro atoms.